The highest BCUT2D eigenvalue weighted by Gasteiger charge is 2.22. The van der Waals surface area contributed by atoms with Gasteiger partial charge in [0.2, 0.25) is 0 Å². The first-order valence-corrected chi connectivity index (χ1v) is 7.53. The van der Waals surface area contributed by atoms with Crippen molar-refractivity contribution in [3.05, 3.63) is 21.9 Å². The molecule has 2 rings (SSSR count). The summed E-state index contributed by atoms with van der Waals surface area (Å²) in [4.78, 5) is 4.95. The van der Waals surface area contributed by atoms with E-state index in [1.165, 1.54) is 11.3 Å². The van der Waals surface area contributed by atoms with Crippen LogP contribution in [0.1, 0.15) is 22.6 Å². The molecule has 3 nitrogen and oxygen atoms in total. The number of ether oxygens (including phenoxy) is 1. The van der Waals surface area contributed by atoms with E-state index in [1.807, 2.05) is 0 Å². The lowest BCUT2D eigenvalue weighted by Gasteiger charge is -2.14. The van der Waals surface area contributed by atoms with Gasteiger partial charge in [-0.2, -0.15) is 0 Å². The molecule has 104 valence electrons. The van der Waals surface area contributed by atoms with Crippen LogP contribution in [-0.2, 0) is 11.3 Å². The SMILES string of the molecule is COCC1CCN(Cc2ccc(C#CCCO)s2)C1. The summed E-state index contributed by atoms with van der Waals surface area (Å²) in [5, 5.41) is 8.69. The van der Waals surface area contributed by atoms with Crippen molar-refractivity contribution in [2.45, 2.75) is 19.4 Å². The smallest absolute Gasteiger partial charge is 0.0771 e. The largest absolute Gasteiger partial charge is 0.395 e. The number of likely N-dealkylation sites (tertiary alicyclic amines) is 1. The Morgan fingerprint density at radius 1 is 1.53 bits per heavy atom. The Morgan fingerprint density at radius 3 is 3.21 bits per heavy atom. The summed E-state index contributed by atoms with van der Waals surface area (Å²) in [6.07, 6.45) is 1.79. The monoisotopic (exact) mass is 279 g/mol. The molecular weight excluding hydrogens is 258 g/mol. The zero-order chi connectivity index (χ0) is 13.5. The number of thiophene rings is 1. The molecule has 1 fully saturated rings. The van der Waals surface area contributed by atoms with E-state index in [-0.39, 0.29) is 6.61 Å². The van der Waals surface area contributed by atoms with Crippen LogP contribution in [0.25, 0.3) is 0 Å². The average molecular weight is 279 g/mol. The third kappa shape index (κ3) is 4.63. The molecule has 19 heavy (non-hydrogen) atoms. The number of methoxy groups -OCH3 is 1. The summed E-state index contributed by atoms with van der Waals surface area (Å²) in [6, 6.07) is 4.24. The van der Waals surface area contributed by atoms with E-state index < -0.39 is 0 Å². The van der Waals surface area contributed by atoms with E-state index in [2.05, 4.69) is 28.9 Å². The number of hydrogen-bond donors (Lipinski definition) is 1. The van der Waals surface area contributed by atoms with Crippen molar-refractivity contribution in [3.63, 3.8) is 0 Å². The van der Waals surface area contributed by atoms with E-state index in [0.29, 0.717) is 12.3 Å². The van der Waals surface area contributed by atoms with E-state index in [1.54, 1.807) is 18.4 Å². The molecule has 0 bridgehead atoms. The van der Waals surface area contributed by atoms with E-state index in [4.69, 9.17) is 9.84 Å². The first-order chi connectivity index (χ1) is 9.31. The fourth-order valence-corrected chi connectivity index (χ4v) is 3.31. The molecule has 1 aromatic heterocycles. The number of nitrogens with zero attached hydrogens (tertiary/aromatic N) is 1. The molecule has 1 aliphatic rings. The van der Waals surface area contributed by atoms with Crippen LogP contribution in [0, 0.1) is 17.8 Å². The Kier molecular flexibility index (Phi) is 5.87. The average Bonchev–Trinajstić information content (AvgIpc) is 3.01. The quantitative estimate of drug-likeness (QED) is 0.836. The predicted molar refractivity (Wildman–Crippen MR) is 78.2 cm³/mol. The lowest BCUT2D eigenvalue weighted by molar-refractivity contribution is 0.153. The molecule has 0 aromatic carbocycles. The third-order valence-electron chi connectivity index (χ3n) is 3.26. The zero-order valence-corrected chi connectivity index (χ0v) is 12.2. The van der Waals surface area contributed by atoms with Gasteiger partial charge in [0.05, 0.1) is 18.1 Å². The lowest BCUT2D eigenvalue weighted by Crippen LogP contribution is -2.20. The van der Waals surface area contributed by atoms with Gasteiger partial charge in [-0.1, -0.05) is 11.8 Å². The van der Waals surface area contributed by atoms with Gasteiger partial charge in [-0.15, -0.1) is 11.3 Å². The van der Waals surface area contributed by atoms with Gasteiger partial charge in [-0.25, -0.2) is 0 Å². The highest BCUT2D eigenvalue weighted by atomic mass is 32.1. The summed E-state index contributed by atoms with van der Waals surface area (Å²) in [7, 11) is 1.78. The topological polar surface area (TPSA) is 32.7 Å². The maximum atomic E-state index is 8.69. The lowest BCUT2D eigenvalue weighted by atomic mass is 10.1. The summed E-state index contributed by atoms with van der Waals surface area (Å²) >= 11 is 1.76. The maximum Gasteiger partial charge on any atom is 0.0771 e. The van der Waals surface area contributed by atoms with Crippen molar-refractivity contribution in [2.24, 2.45) is 5.92 Å². The molecule has 0 saturated carbocycles. The number of hydrogen-bond acceptors (Lipinski definition) is 4. The molecule has 0 aliphatic carbocycles. The number of aliphatic hydroxyl groups excluding tert-OH is 1. The van der Waals surface area contributed by atoms with Crippen LogP contribution >= 0.6 is 11.3 Å². The van der Waals surface area contributed by atoms with E-state index in [0.717, 1.165) is 31.1 Å². The summed E-state index contributed by atoms with van der Waals surface area (Å²) < 4.78 is 5.22. The summed E-state index contributed by atoms with van der Waals surface area (Å²) in [5.41, 5.74) is 0. The Balaban J connectivity index is 1.82. The molecule has 0 radical (unpaired) electrons. The van der Waals surface area contributed by atoms with Gasteiger partial charge in [0, 0.05) is 31.5 Å². The third-order valence-corrected chi connectivity index (χ3v) is 4.25. The van der Waals surface area contributed by atoms with Gasteiger partial charge in [-0.05, 0) is 31.0 Å². The van der Waals surface area contributed by atoms with Crippen LogP contribution in [0.5, 0.6) is 0 Å². The predicted octanol–water partition coefficient (Wildman–Crippen LogP) is 1.95. The molecule has 1 aliphatic heterocycles. The van der Waals surface area contributed by atoms with Gasteiger partial charge in [-0.3, -0.25) is 4.90 Å². The van der Waals surface area contributed by atoms with Crippen LogP contribution in [0.4, 0.5) is 0 Å². The molecule has 1 N–H and O–H groups in total. The van der Waals surface area contributed by atoms with Crippen LogP contribution in [-0.4, -0.2) is 43.4 Å². The van der Waals surface area contributed by atoms with Crippen molar-refractivity contribution >= 4 is 11.3 Å². The molecule has 1 saturated heterocycles. The van der Waals surface area contributed by atoms with Gasteiger partial charge in [0.15, 0.2) is 0 Å². The van der Waals surface area contributed by atoms with Crippen LogP contribution in [0.15, 0.2) is 12.1 Å². The highest BCUT2D eigenvalue weighted by Crippen LogP contribution is 2.22. The summed E-state index contributed by atoms with van der Waals surface area (Å²) in [6.45, 7) is 4.33. The Morgan fingerprint density at radius 2 is 2.42 bits per heavy atom. The minimum Gasteiger partial charge on any atom is -0.395 e. The van der Waals surface area contributed by atoms with Gasteiger partial charge < -0.3 is 9.84 Å². The van der Waals surface area contributed by atoms with Crippen molar-refractivity contribution in [1.29, 1.82) is 0 Å². The molecule has 2 heterocycles. The van der Waals surface area contributed by atoms with Gasteiger partial charge in [0.1, 0.15) is 0 Å². The summed E-state index contributed by atoms with van der Waals surface area (Å²) in [5.74, 6) is 6.74. The Labute approximate surface area is 119 Å². The maximum absolute atomic E-state index is 8.69. The molecule has 4 heteroatoms. The highest BCUT2D eigenvalue weighted by molar-refractivity contribution is 7.12. The van der Waals surface area contributed by atoms with Gasteiger partial charge in [0.25, 0.3) is 0 Å². The molecule has 1 atom stereocenters. The molecule has 0 amide bonds. The van der Waals surface area contributed by atoms with Crippen LogP contribution in [0.2, 0.25) is 0 Å². The normalized spacial score (nSPS) is 19.4. The number of rotatable bonds is 5. The van der Waals surface area contributed by atoms with Crippen molar-refractivity contribution < 1.29 is 9.84 Å². The second-order valence-corrected chi connectivity index (χ2v) is 6.05. The van der Waals surface area contributed by atoms with Crippen molar-refractivity contribution in [1.82, 2.24) is 4.90 Å². The zero-order valence-electron chi connectivity index (χ0n) is 11.4. The molecule has 0 spiro atoms. The van der Waals surface area contributed by atoms with E-state index in [9.17, 15) is 0 Å². The minimum absolute atomic E-state index is 0.139. The fraction of sp³-hybridized carbons (Fsp3) is 0.600. The Bertz CT molecular complexity index is 446. The second-order valence-electron chi connectivity index (χ2n) is 4.89. The van der Waals surface area contributed by atoms with Crippen LogP contribution < -0.4 is 0 Å². The fourth-order valence-electron chi connectivity index (χ4n) is 2.38. The van der Waals surface area contributed by atoms with Crippen LogP contribution in [0.3, 0.4) is 0 Å². The number of aliphatic hydroxyl groups is 1. The first-order valence-electron chi connectivity index (χ1n) is 6.71. The van der Waals surface area contributed by atoms with Crippen molar-refractivity contribution in [3.8, 4) is 11.8 Å². The molecular formula is C15H21NO2S. The van der Waals surface area contributed by atoms with Gasteiger partial charge >= 0.3 is 0 Å². The first kappa shape index (κ1) is 14.5. The molecule has 1 unspecified atom stereocenters. The second kappa shape index (κ2) is 7.66. The van der Waals surface area contributed by atoms with E-state index >= 15 is 0 Å². The standard InChI is InChI=1S/C15H21NO2S/c1-18-12-13-7-8-16(10-13)11-15-6-5-14(19-15)4-2-3-9-17/h5-6,13,17H,3,7-12H2,1H3. The Hall–Kier alpha value is -0.860. The molecule has 1 aromatic rings. The minimum atomic E-state index is 0.139. The van der Waals surface area contributed by atoms with Crippen molar-refractivity contribution in [2.75, 3.05) is 33.4 Å².